The Labute approximate surface area is 168 Å². The fourth-order valence-corrected chi connectivity index (χ4v) is 2.74. The highest BCUT2D eigenvalue weighted by atomic mass is 19.4. The number of hydrogen-bond acceptors (Lipinski definition) is 3. The van der Waals surface area contributed by atoms with E-state index in [0.29, 0.717) is 11.6 Å². The van der Waals surface area contributed by atoms with Gasteiger partial charge in [-0.2, -0.15) is 13.2 Å². The highest BCUT2D eigenvalue weighted by Crippen LogP contribution is 2.37. The van der Waals surface area contributed by atoms with Crippen LogP contribution in [-0.4, -0.2) is 10.9 Å². The summed E-state index contributed by atoms with van der Waals surface area (Å²) in [5, 5.41) is 2.44. The standard InChI is InChI=1S/C21H15F5N2O2/c1-11-7-16(21(24,25)26)20(27-10-11)30-15-5-3-14(4-6-15)28-19(29)18-12(2)8-13(22)9-17(18)23/h3-10H,1-2H3,(H,28,29). The molecule has 0 saturated heterocycles. The van der Waals surface area contributed by atoms with Gasteiger partial charge >= 0.3 is 6.18 Å². The summed E-state index contributed by atoms with van der Waals surface area (Å²) in [5.74, 6) is -3.15. The lowest BCUT2D eigenvalue weighted by molar-refractivity contribution is -0.138. The summed E-state index contributed by atoms with van der Waals surface area (Å²) in [4.78, 5) is 16.0. The average molecular weight is 422 g/mol. The quantitative estimate of drug-likeness (QED) is 0.522. The van der Waals surface area contributed by atoms with E-state index >= 15 is 0 Å². The lowest BCUT2D eigenvalue weighted by Crippen LogP contribution is -2.15. The number of pyridine rings is 1. The van der Waals surface area contributed by atoms with Crippen molar-refractivity contribution in [3.8, 4) is 11.6 Å². The van der Waals surface area contributed by atoms with Gasteiger partial charge in [-0.3, -0.25) is 4.79 Å². The minimum Gasteiger partial charge on any atom is -0.438 e. The SMILES string of the molecule is Cc1cnc(Oc2ccc(NC(=O)c3c(C)cc(F)cc3F)cc2)c(C(F)(F)F)c1. The topological polar surface area (TPSA) is 51.2 Å². The van der Waals surface area contributed by atoms with E-state index in [9.17, 15) is 26.7 Å². The van der Waals surface area contributed by atoms with Crippen LogP contribution < -0.4 is 10.1 Å². The Kier molecular flexibility index (Phi) is 5.73. The predicted octanol–water partition coefficient (Wildman–Crippen LogP) is 6.04. The Morgan fingerprint density at radius 1 is 1.03 bits per heavy atom. The highest BCUT2D eigenvalue weighted by molar-refractivity contribution is 6.05. The summed E-state index contributed by atoms with van der Waals surface area (Å²) < 4.78 is 71.8. The number of amides is 1. The van der Waals surface area contributed by atoms with Gasteiger partial charge in [-0.05, 0) is 61.4 Å². The summed E-state index contributed by atoms with van der Waals surface area (Å²) >= 11 is 0. The Hall–Kier alpha value is -3.49. The molecule has 3 rings (SSSR count). The summed E-state index contributed by atoms with van der Waals surface area (Å²) in [6.45, 7) is 2.87. The average Bonchev–Trinajstić information content (AvgIpc) is 2.63. The number of halogens is 5. The number of carbonyl (C=O) groups excluding carboxylic acids is 1. The zero-order valence-electron chi connectivity index (χ0n) is 15.8. The summed E-state index contributed by atoms with van der Waals surface area (Å²) in [7, 11) is 0. The number of nitrogens with one attached hydrogen (secondary N) is 1. The molecule has 3 aromatic rings. The molecule has 156 valence electrons. The maximum absolute atomic E-state index is 13.9. The van der Waals surface area contributed by atoms with Gasteiger partial charge in [0.15, 0.2) is 0 Å². The molecule has 0 atom stereocenters. The molecule has 1 heterocycles. The van der Waals surface area contributed by atoms with E-state index in [1.54, 1.807) is 0 Å². The molecule has 9 heteroatoms. The number of alkyl halides is 3. The van der Waals surface area contributed by atoms with Crippen LogP contribution in [0.4, 0.5) is 27.6 Å². The molecular weight excluding hydrogens is 407 g/mol. The summed E-state index contributed by atoms with van der Waals surface area (Å²) in [6.07, 6.45) is -3.39. The van der Waals surface area contributed by atoms with Gasteiger partial charge in [0, 0.05) is 18.0 Å². The van der Waals surface area contributed by atoms with Crippen LogP contribution in [-0.2, 0) is 6.18 Å². The molecule has 1 aromatic heterocycles. The summed E-state index contributed by atoms with van der Waals surface area (Å²) in [5.41, 5.74) is -0.632. The van der Waals surface area contributed by atoms with E-state index in [1.807, 2.05) is 0 Å². The molecule has 0 bridgehead atoms. The number of aromatic nitrogens is 1. The first-order valence-electron chi connectivity index (χ1n) is 8.63. The smallest absolute Gasteiger partial charge is 0.421 e. The first kappa shape index (κ1) is 21.2. The second kappa shape index (κ2) is 8.10. The normalized spacial score (nSPS) is 11.3. The molecule has 0 aliphatic rings. The van der Waals surface area contributed by atoms with Crippen molar-refractivity contribution >= 4 is 11.6 Å². The molecule has 1 N–H and O–H groups in total. The van der Waals surface area contributed by atoms with E-state index < -0.39 is 35.2 Å². The third-order valence-corrected chi connectivity index (χ3v) is 4.10. The van der Waals surface area contributed by atoms with E-state index in [2.05, 4.69) is 10.3 Å². The van der Waals surface area contributed by atoms with Gasteiger partial charge in [0.2, 0.25) is 5.88 Å². The Morgan fingerprint density at radius 2 is 1.70 bits per heavy atom. The Bertz CT molecular complexity index is 1070. The van der Waals surface area contributed by atoms with Crippen LogP contribution in [0.3, 0.4) is 0 Å². The van der Waals surface area contributed by atoms with Crippen molar-refractivity contribution in [2.75, 3.05) is 5.32 Å². The fraction of sp³-hybridized carbons (Fsp3) is 0.143. The van der Waals surface area contributed by atoms with Crippen molar-refractivity contribution in [1.29, 1.82) is 0 Å². The van der Waals surface area contributed by atoms with Gasteiger partial charge < -0.3 is 10.1 Å². The van der Waals surface area contributed by atoms with Gasteiger partial charge in [-0.15, -0.1) is 0 Å². The number of aryl methyl sites for hydroxylation is 2. The maximum atomic E-state index is 13.9. The third-order valence-electron chi connectivity index (χ3n) is 4.10. The maximum Gasteiger partial charge on any atom is 0.421 e. The molecule has 0 radical (unpaired) electrons. The number of nitrogens with zero attached hydrogens (tertiary/aromatic N) is 1. The van der Waals surface area contributed by atoms with E-state index in [1.165, 1.54) is 44.3 Å². The molecule has 0 aliphatic heterocycles. The molecule has 4 nitrogen and oxygen atoms in total. The van der Waals surface area contributed by atoms with Gasteiger partial charge in [0.25, 0.3) is 5.91 Å². The van der Waals surface area contributed by atoms with Crippen LogP contribution in [0.15, 0.2) is 48.7 Å². The Morgan fingerprint density at radius 3 is 2.30 bits per heavy atom. The Balaban J connectivity index is 1.78. The van der Waals surface area contributed by atoms with Gasteiger partial charge in [-0.25, -0.2) is 13.8 Å². The zero-order valence-corrected chi connectivity index (χ0v) is 15.8. The van der Waals surface area contributed by atoms with Crippen LogP contribution in [0.5, 0.6) is 11.6 Å². The molecule has 1 amide bonds. The van der Waals surface area contributed by atoms with E-state index in [-0.39, 0.29) is 22.6 Å². The zero-order chi connectivity index (χ0) is 22.1. The van der Waals surface area contributed by atoms with Crippen LogP contribution in [0.25, 0.3) is 0 Å². The number of rotatable bonds is 4. The molecule has 0 unspecified atom stereocenters. The van der Waals surface area contributed by atoms with Crippen molar-refractivity contribution in [3.63, 3.8) is 0 Å². The number of hydrogen-bond donors (Lipinski definition) is 1. The van der Waals surface area contributed by atoms with Gasteiger partial charge in [0.1, 0.15) is 22.9 Å². The third kappa shape index (κ3) is 4.73. The first-order valence-corrected chi connectivity index (χ1v) is 8.63. The van der Waals surface area contributed by atoms with Gasteiger partial charge in [0.05, 0.1) is 5.56 Å². The number of ether oxygens (including phenoxy) is 1. The second-order valence-corrected chi connectivity index (χ2v) is 6.52. The van der Waals surface area contributed by atoms with Crippen LogP contribution >= 0.6 is 0 Å². The molecule has 0 fully saturated rings. The number of anilines is 1. The van der Waals surface area contributed by atoms with E-state index in [4.69, 9.17) is 4.74 Å². The van der Waals surface area contributed by atoms with Crippen molar-refractivity contribution in [3.05, 3.63) is 82.5 Å². The number of carbonyl (C=O) groups is 1. The monoisotopic (exact) mass is 422 g/mol. The molecule has 30 heavy (non-hydrogen) atoms. The van der Waals surface area contributed by atoms with E-state index in [0.717, 1.165) is 12.1 Å². The fourth-order valence-electron chi connectivity index (χ4n) is 2.74. The van der Waals surface area contributed by atoms with Crippen LogP contribution in [0, 0.1) is 25.5 Å². The largest absolute Gasteiger partial charge is 0.438 e. The van der Waals surface area contributed by atoms with Crippen molar-refractivity contribution in [1.82, 2.24) is 4.98 Å². The lowest BCUT2D eigenvalue weighted by atomic mass is 10.1. The first-order chi connectivity index (χ1) is 14.0. The molecular formula is C21H15F5N2O2. The minimum atomic E-state index is -4.64. The molecule has 2 aromatic carbocycles. The second-order valence-electron chi connectivity index (χ2n) is 6.52. The summed E-state index contributed by atoms with van der Waals surface area (Å²) in [6, 6.07) is 7.94. The van der Waals surface area contributed by atoms with Gasteiger partial charge in [-0.1, -0.05) is 0 Å². The predicted molar refractivity (Wildman–Crippen MR) is 99.5 cm³/mol. The van der Waals surface area contributed by atoms with Crippen molar-refractivity contribution in [2.45, 2.75) is 20.0 Å². The highest BCUT2D eigenvalue weighted by Gasteiger charge is 2.35. The van der Waals surface area contributed by atoms with Crippen LogP contribution in [0.1, 0.15) is 27.0 Å². The van der Waals surface area contributed by atoms with Crippen molar-refractivity contribution < 1.29 is 31.5 Å². The molecule has 0 spiro atoms. The molecule has 0 saturated carbocycles. The molecule has 0 aliphatic carbocycles. The lowest BCUT2D eigenvalue weighted by Gasteiger charge is -2.14. The number of benzene rings is 2. The minimum absolute atomic E-state index is 0.0546. The van der Waals surface area contributed by atoms with Crippen molar-refractivity contribution in [2.24, 2.45) is 0 Å². The van der Waals surface area contributed by atoms with Crippen LogP contribution in [0.2, 0.25) is 0 Å².